The fourth-order valence-electron chi connectivity index (χ4n) is 2.92. The molecule has 1 atom stereocenters. The molecule has 0 bridgehead atoms. The van der Waals surface area contributed by atoms with Gasteiger partial charge in [-0.15, -0.1) is 0 Å². The van der Waals surface area contributed by atoms with E-state index in [2.05, 4.69) is 19.9 Å². The zero-order valence-corrected chi connectivity index (χ0v) is 13.0. The van der Waals surface area contributed by atoms with Crippen LogP contribution < -0.4 is 10.1 Å². The molecule has 0 spiro atoms. The Bertz CT molecular complexity index is 669. The number of alkyl halides is 2. The van der Waals surface area contributed by atoms with Crippen molar-refractivity contribution < 1.29 is 17.9 Å². The van der Waals surface area contributed by atoms with Gasteiger partial charge < -0.3 is 10.1 Å². The van der Waals surface area contributed by atoms with Gasteiger partial charge >= 0.3 is 6.61 Å². The molecule has 1 aromatic carbocycles. The number of hydrogen-bond acceptors (Lipinski definition) is 4. The second-order valence-electron chi connectivity index (χ2n) is 5.61. The molecule has 1 unspecified atom stereocenters. The fourth-order valence-corrected chi connectivity index (χ4v) is 2.92. The van der Waals surface area contributed by atoms with Gasteiger partial charge in [0.25, 0.3) is 0 Å². The lowest BCUT2D eigenvalue weighted by Crippen LogP contribution is -2.45. The molecule has 2 heterocycles. The lowest BCUT2D eigenvalue weighted by atomic mass is 10.0. The van der Waals surface area contributed by atoms with E-state index in [0.717, 1.165) is 30.8 Å². The largest absolute Gasteiger partial charge is 0.432 e. The minimum atomic E-state index is -3.03. The van der Waals surface area contributed by atoms with Gasteiger partial charge in [0.2, 0.25) is 0 Å². The highest BCUT2D eigenvalue weighted by molar-refractivity contribution is 5.29. The van der Waals surface area contributed by atoms with Gasteiger partial charge in [-0.1, -0.05) is 6.07 Å². The van der Waals surface area contributed by atoms with Crippen LogP contribution in [0.4, 0.5) is 13.2 Å². The van der Waals surface area contributed by atoms with Crippen LogP contribution in [0.5, 0.6) is 5.75 Å². The van der Waals surface area contributed by atoms with Crippen LogP contribution in [-0.2, 0) is 6.54 Å². The molecule has 1 aliphatic rings. The average Bonchev–Trinajstić information content (AvgIpc) is 2.58. The number of nitrogens with zero attached hydrogens (tertiary/aromatic N) is 2. The van der Waals surface area contributed by atoms with E-state index in [9.17, 15) is 13.2 Å². The first kappa shape index (κ1) is 16.7. The Balaban J connectivity index is 1.75. The van der Waals surface area contributed by atoms with Crippen LogP contribution in [0, 0.1) is 5.82 Å². The third-order valence-corrected chi connectivity index (χ3v) is 4.04. The number of nitrogens with one attached hydrogen (secondary N) is 1. The van der Waals surface area contributed by atoms with Crippen molar-refractivity contribution >= 4 is 0 Å². The number of aromatic nitrogens is 1. The highest BCUT2D eigenvalue weighted by atomic mass is 19.3. The van der Waals surface area contributed by atoms with Gasteiger partial charge in [0.1, 0.15) is 0 Å². The van der Waals surface area contributed by atoms with Gasteiger partial charge in [0.15, 0.2) is 11.6 Å². The van der Waals surface area contributed by atoms with Crippen molar-refractivity contribution in [2.75, 3.05) is 19.6 Å². The number of ether oxygens (including phenoxy) is 1. The van der Waals surface area contributed by atoms with E-state index < -0.39 is 18.2 Å². The van der Waals surface area contributed by atoms with Gasteiger partial charge in [0.05, 0.1) is 0 Å². The van der Waals surface area contributed by atoms with Gasteiger partial charge in [-0.3, -0.25) is 9.88 Å². The van der Waals surface area contributed by atoms with Crippen molar-refractivity contribution in [3.63, 3.8) is 0 Å². The second-order valence-corrected chi connectivity index (χ2v) is 5.61. The van der Waals surface area contributed by atoms with Gasteiger partial charge in [-0.25, -0.2) is 4.39 Å². The Morgan fingerprint density at radius 1 is 1.25 bits per heavy atom. The highest BCUT2D eigenvalue weighted by Crippen LogP contribution is 2.26. The van der Waals surface area contributed by atoms with Crippen molar-refractivity contribution in [3.8, 4) is 5.75 Å². The molecular formula is C17H18F3N3O. The van der Waals surface area contributed by atoms with Crippen molar-refractivity contribution in [1.29, 1.82) is 0 Å². The van der Waals surface area contributed by atoms with Crippen molar-refractivity contribution in [3.05, 3.63) is 59.7 Å². The van der Waals surface area contributed by atoms with E-state index in [1.165, 1.54) is 12.1 Å². The fraction of sp³-hybridized carbons (Fsp3) is 0.353. The molecule has 0 amide bonds. The summed E-state index contributed by atoms with van der Waals surface area (Å²) in [6.07, 6.45) is 3.50. The molecule has 4 nitrogen and oxygen atoms in total. The summed E-state index contributed by atoms with van der Waals surface area (Å²) in [5.74, 6) is -1.21. The lowest BCUT2D eigenvalue weighted by molar-refractivity contribution is -0.0522. The SMILES string of the molecule is Fc1cc(CN2CCNCC2c2ccncc2)ccc1OC(F)F. The third kappa shape index (κ3) is 4.04. The number of hydrogen-bond donors (Lipinski definition) is 1. The van der Waals surface area contributed by atoms with E-state index in [1.54, 1.807) is 18.5 Å². The minimum absolute atomic E-state index is 0.154. The molecule has 0 saturated carbocycles. The quantitative estimate of drug-likeness (QED) is 0.910. The molecule has 7 heteroatoms. The molecule has 24 heavy (non-hydrogen) atoms. The molecule has 128 valence electrons. The lowest BCUT2D eigenvalue weighted by Gasteiger charge is -2.36. The van der Waals surface area contributed by atoms with Crippen LogP contribution in [0.3, 0.4) is 0 Å². The molecule has 0 radical (unpaired) electrons. The van der Waals surface area contributed by atoms with E-state index in [4.69, 9.17) is 0 Å². The standard InChI is InChI=1S/C17H18F3N3O/c18-14-9-12(1-2-16(14)24-17(19)20)11-23-8-7-22-10-15(23)13-3-5-21-6-4-13/h1-6,9,15,17,22H,7-8,10-11H2. The zero-order chi connectivity index (χ0) is 16.9. The first-order chi connectivity index (χ1) is 11.6. The van der Waals surface area contributed by atoms with Crippen molar-refractivity contribution in [1.82, 2.24) is 15.2 Å². The summed E-state index contributed by atoms with van der Waals surface area (Å²) in [6, 6.07) is 8.20. The summed E-state index contributed by atoms with van der Waals surface area (Å²) in [7, 11) is 0. The Hall–Kier alpha value is -2.12. The monoisotopic (exact) mass is 337 g/mol. The first-order valence-corrected chi connectivity index (χ1v) is 7.71. The Morgan fingerprint density at radius 2 is 2.04 bits per heavy atom. The molecule has 3 rings (SSSR count). The maximum absolute atomic E-state index is 13.9. The predicted molar refractivity (Wildman–Crippen MR) is 83.3 cm³/mol. The summed E-state index contributed by atoms with van der Waals surface area (Å²) in [5.41, 5.74) is 1.85. The highest BCUT2D eigenvalue weighted by Gasteiger charge is 2.24. The molecular weight excluding hydrogens is 319 g/mol. The molecule has 1 N–H and O–H groups in total. The van der Waals surface area contributed by atoms with E-state index in [0.29, 0.717) is 6.54 Å². The number of rotatable bonds is 5. The number of pyridine rings is 1. The molecule has 1 saturated heterocycles. The summed E-state index contributed by atoms with van der Waals surface area (Å²) < 4.78 is 42.4. The smallest absolute Gasteiger partial charge is 0.387 e. The normalized spacial score (nSPS) is 18.8. The first-order valence-electron chi connectivity index (χ1n) is 7.71. The third-order valence-electron chi connectivity index (χ3n) is 4.04. The van der Waals surface area contributed by atoms with Crippen LogP contribution >= 0.6 is 0 Å². The van der Waals surface area contributed by atoms with Gasteiger partial charge in [0, 0.05) is 44.6 Å². The topological polar surface area (TPSA) is 37.4 Å². The van der Waals surface area contributed by atoms with Crippen molar-refractivity contribution in [2.24, 2.45) is 0 Å². The van der Waals surface area contributed by atoms with E-state index >= 15 is 0 Å². The Labute approximate surface area is 138 Å². The second kappa shape index (κ2) is 7.63. The zero-order valence-electron chi connectivity index (χ0n) is 13.0. The number of piperazine rings is 1. The van der Waals surface area contributed by atoms with Gasteiger partial charge in [-0.05, 0) is 35.4 Å². The van der Waals surface area contributed by atoms with Crippen LogP contribution in [-0.4, -0.2) is 36.1 Å². The van der Waals surface area contributed by atoms with Crippen LogP contribution in [0.1, 0.15) is 17.2 Å². The summed E-state index contributed by atoms with van der Waals surface area (Å²) in [4.78, 5) is 6.26. The molecule has 1 fully saturated rings. The molecule has 0 aliphatic carbocycles. The van der Waals surface area contributed by atoms with E-state index in [-0.39, 0.29) is 6.04 Å². The maximum atomic E-state index is 13.9. The Kier molecular flexibility index (Phi) is 5.32. The summed E-state index contributed by atoms with van der Waals surface area (Å²) in [6.45, 7) is -0.0604. The van der Waals surface area contributed by atoms with Crippen molar-refractivity contribution in [2.45, 2.75) is 19.2 Å². The minimum Gasteiger partial charge on any atom is -0.432 e. The van der Waals surface area contributed by atoms with Crippen LogP contribution in [0.15, 0.2) is 42.7 Å². The molecule has 2 aromatic rings. The van der Waals surface area contributed by atoms with E-state index in [1.807, 2.05) is 12.1 Å². The van der Waals surface area contributed by atoms with Gasteiger partial charge in [-0.2, -0.15) is 8.78 Å². The average molecular weight is 337 g/mol. The summed E-state index contributed by atoms with van der Waals surface area (Å²) in [5, 5.41) is 3.35. The Morgan fingerprint density at radius 3 is 2.75 bits per heavy atom. The predicted octanol–water partition coefficient (Wildman–Crippen LogP) is 2.97. The number of benzene rings is 1. The molecule has 1 aromatic heterocycles. The number of halogens is 3. The van der Waals surface area contributed by atoms with Crippen LogP contribution in [0.2, 0.25) is 0 Å². The summed E-state index contributed by atoms with van der Waals surface area (Å²) >= 11 is 0. The maximum Gasteiger partial charge on any atom is 0.387 e. The van der Waals surface area contributed by atoms with Crippen LogP contribution in [0.25, 0.3) is 0 Å². The molecule has 1 aliphatic heterocycles.